The van der Waals surface area contributed by atoms with Gasteiger partial charge in [-0.3, -0.25) is 9.59 Å². The molecule has 1 aliphatic heterocycles. The van der Waals surface area contributed by atoms with Gasteiger partial charge in [-0.15, -0.1) is 0 Å². The minimum Gasteiger partial charge on any atom is -0.471 e. The molecule has 0 saturated carbocycles. The molecular weight excluding hydrogens is 304 g/mol. The van der Waals surface area contributed by atoms with Crippen LogP contribution in [0.15, 0.2) is 48.5 Å². The first-order chi connectivity index (χ1) is 11.6. The normalized spacial score (nSPS) is 14.1. The number of carbonyl (C=O) groups is 2. The van der Waals surface area contributed by atoms with Crippen LogP contribution < -0.4 is 4.74 Å². The molecule has 24 heavy (non-hydrogen) atoms. The van der Waals surface area contributed by atoms with Gasteiger partial charge in [0.25, 0.3) is 0 Å². The van der Waals surface area contributed by atoms with Gasteiger partial charge in [-0.25, -0.2) is 4.98 Å². The molecule has 1 fully saturated rings. The Labute approximate surface area is 141 Å². The van der Waals surface area contributed by atoms with E-state index in [1.54, 1.807) is 17.0 Å². The molecule has 124 valence electrons. The molecule has 0 bridgehead atoms. The van der Waals surface area contributed by atoms with Gasteiger partial charge in [-0.2, -0.15) is 0 Å². The molecule has 0 radical (unpaired) electrons. The number of hydrogen-bond acceptors (Lipinski definition) is 4. The van der Waals surface area contributed by atoms with E-state index < -0.39 is 0 Å². The lowest BCUT2D eigenvalue weighted by Gasteiger charge is -2.38. The van der Waals surface area contributed by atoms with Crippen LogP contribution in [0.3, 0.4) is 0 Å². The van der Waals surface area contributed by atoms with E-state index in [4.69, 9.17) is 4.74 Å². The van der Waals surface area contributed by atoms with E-state index in [0.29, 0.717) is 24.5 Å². The molecule has 0 atom stereocenters. The number of aromatic nitrogens is 1. The summed E-state index contributed by atoms with van der Waals surface area (Å²) < 4.78 is 5.73. The highest BCUT2D eigenvalue weighted by Crippen LogP contribution is 2.18. The number of pyridine rings is 1. The third-order valence-corrected chi connectivity index (χ3v) is 4.01. The van der Waals surface area contributed by atoms with Crippen LogP contribution in [0.4, 0.5) is 0 Å². The minimum absolute atomic E-state index is 0.00114. The topological polar surface area (TPSA) is 59.5 Å². The molecule has 5 nitrogen and oxygen atoms in total. The molecule has 0 unspecified atom stereocenters. The number of rotatable bonds is 6. The predicted octanol–water partition coefficient (Wildman–Crippen LogP) is 2.64. The smallest absolute Gasteiger partial charge is 0.223 e. The minimum atomic E-state index is -0.0203. The molecule has 1 amide bonds. The van der Waals surface area contributed by atoms with Crippen LogP contribution in [0.1, 0.15) is 28.9 Å². The van der Waals surface area contributed by atoms with Gasteiger partial charge < -0.3 is 9.64 Å². The van der Waals surface area contributed by atoms with Crippen LogP contribution in [0, 0.1) is 6.92 Å². The van der Waals surface area contributed by atoms with Crippen molar-refractivity contribution in [1.29, 1.82) is 0 Å². The van der Waals surface area contributed by atoms with Crippen molar-refractivity contribution in [3.05, 3.63) is 59.8 Å². The number of ketones is 1. The molecule has 1 saturated heterocycles. The summed E-state index contributed by atoms with van der Waals surface area (Å²) in [5.41, 5.74) is 1.56. The van der Waals surface area contributed by atoms with E-state index in [2.05, 4.69) is 4.98 Å². The number of aryl methyl sites for hydroxylation is 1. The summed E-state index contributed by atoms with van der Waals surface area (Å²) in [5.74, 6) is 0.587. The highest BCUT2D eigenvalue weighted by molar-refractivity contribution is 5.97. The van der Waals surface area contributed by atoms with E-state index in [0.717, 1.165) is 5.69 Å². The van der Waals surface area contributed by atoms with E-state index in [9.17, 15) is 9.59 Å². The van der Waals surface area contributed by atoms with Crippen molar-refractivity contribution < 1.29 is 14.3 Å². The molecule has 2 aromatic rings. The maximum Gasteiger partial charge on any atom is 0.223 e. The van der Waals surface area contributed by atoms with E-state index in [1.807, 2.05) is 43.3 Å². The standard InChI is InChI=1S/C19H20N2O3/c1-14-6-5-9-18(20-14)24-16-12-21(13-16)19(23)11-10-17(22)15-7-3-2-4-8-15/h2-9,16H,10-13H2,1H3. The summed E-state index contributed by atoms with van der Waals surface area (Å²) in [6.45, 7) is 3.01. The van der Waals surface area contributed by atoms with Gasteiger partial charge in [0, 0.05) is 30.2 Å². The zero-order valence-corrected chi connectivity index (χ0v) is 13.6. The second-order valence-electron chi connectivity index (χ2n) is 5.94. The third-order valence-electron chi connectivity index (χ3n) is 4.01. The SMILES string of the molecule is Cc1cccc(OC2CN(C(=O)CCC(=O)c3ccccc3)C2)n1. The average Bonchev–Trinajstić information content (AvgIpc) is 2.56. The van der Waals surface area contributed by atoms with Crippen LogP contribution in [0.5, 0.6) is 5.88 Å². The predicted molar refractivity (Wildman–Crippen MR) is 90.0 cm³/mol. The summed E-state index contributed by atoms with van der Waals surface area (Å²) in [4.78, 5) is 30.1. The van der Waals surface area contributed by atoms with Crippen LogP contribution in [0.2, 0.25) is 0 Å². The fraction of sp³-hybridized carbons (Fsp3) is 0.316. The van der Waals surface area contributed by atoms with Gasteiger partial charge >= 0.3 is 0 Å². The second kappa shape index (κ2) is 7.25. The molecule has 0 N–H and O–H groups in total. The number of benzene rings is 1. The number of Topliss-reactive ketones (excluding diaryl/α,β-unsaturated/α-hetero) is 1. The number of hydrogen-bond donors (Lipinski definition) is 0. The fourth-order valence-corrected chi connectivity index (χ4v) is 2.62. The highest BCUT2D eigenvalue weighted by Gasteiger charge is 2.32. The van der Waals surface area contributed by atoms with Crippen molar-refractivity contribution in [1.82, 2.24) is 9.88 Å². The van der Waals surface area contributed by atoms with Crippen LogP contribution in [0.25, 0.3) is 0 Å². The van der Waals surface area contributed by atoms with Gasteiger partial charge in [0.1, 0.15) is 6.10 Å². The van der Waals surface area contributed by atoms with Gasteiger partial charge in [0.15, 0.2) is 5.78 Å². The maximum absolute atomic E-state index is 12.1. The lowest BCUT2D eigenvalue weighted by molar-refractivity contribution is -0.140. The molecule has 0 spiro atoms. The van der Waals surface area contributed by atoms with Gasteiger partial charge in [0.05, 0.1) is 13.1 Å². The molecule has 3 rings (SSSR count). The van der Waals surface area contributed by atoms with Crippen molar-refractivity contribution in [3.8, 4) is 5.88 Å². The Morgan fingerprint density at radius 3 is 2.54 bits per heavy atom. The molecule has 0 aliphatic carbocycles. The number of ether oxygens (including phenoxy) is 1. The van der Waals surface area contributed by atoms with Crippen LogP contribution in [-0.4, -0.2) is 40.8 Å². The Bertz CT molecular complexity index is 724. The maximum atomic E-state index is 12.1. The Hall–Kier alpha value is -2.69. The molecule has 2 heterocycles. The Morgan fingerprint density at radius 1 is 1.08 bits per heavy atom. The molecule has 1 aliphatic rings. The molecular formula is C19H20N2O3. The molecule has 1 aromatic heterocycles. The third kappa shape index (κ3) is 3.98. The zero-order valence-electron chi connectivity index (χ0n) is 13.6. The van der Waals surface area contributed by atoms with Gasteiger partial charge in [-0.05, 0) is 13.0 Å². The van der Waals surface area contributed by atoms with Crippen molar-refractivity contribution >= 4 is 11.7 Å². The lowest BCUT2D eigenvalue weighted by atomic mass is 10.1. The van der Waals surface area contributed by atoms with E-state index in [-0.39, 0.29) is 30.6 Å². The number of amides is 1. The first-order valence-electron chi connectivity index (χ1n) is 8.08. The van der Waals surface area contributed by atoms with Crippen molar-refractivity contribution in [2.75, 3.05) is 13.1 Å². The fourth-order valence-electron chi connectivity index (χ4n) is 2.62. The average molecular weight is 324 g/mol. The van der Waals surface area contributed by atoms with Crippen LogP contribution in [-0.2, 0) is 4.79 Å². The number of nitrogens with zero attached hydrogens (tertiary/aromatic N) is 2. The Balaban J connectivity index is 1.41. The summed E-state index contributed by atoms with van der Waals surface area (Å²) in [7, 11) is 0. The summed E-state index contributed by atoms with van der Waals surface area (Å²) in [6.07, 6.45) is 0.459. The quantitative estimate of drug-likeness (QED) is 0.767. The Morgan fingerprint density at radius 2 is 1.83 bits per heavy atom. The number of carbonyl (C=O) groups excluding carboxylic acids is 2. The summed E-state index contributed by atoms with van der Waals surface area (Å²) >= 11 is 0. The highest BCUT2D eigenvalue weighted by atomic mass is 16.5. The first kappa shape index (κ1) is 16.2. The monoisotopic (exact) mass is 324 g/mol. The van der Waals surface area contributed by atoms with E-state index in [1.165, 1.54) is 0 Å². The van der Waals surface area contributed by atoms with Gasteiger partial charge in [0.2, 0.25) is 11.8 Å². The van der Waals surface area contributed by atoms with Crippen molar-refractivity contribution in [2.24, 2.45) is 0 Å². The zero-order chi connectivity index (χ0) is 16.9. The second-order valence-corrected chi connectivity index (χ2v) is 5.94. The summed E-state index contributed by atoms with van der Waals surface area (Å²) in [6, 6.07) is 14.7. The summed E-state index contributed by atoms with van der Waals surface area (Å²) in [5, 5.41) is 0. The Kier molecular flexibility index (Phi) is 4.89. The van der Waals surface area contributed by atoms with Crippen molar-refractivity contribution in [3.63, 3.8) is 0 Å². The lowest BCUT2D eigenvalue weighted by Crippen LogP contribution is -2.56. The largest absolute Gasteiger partial charge is 0.471 e. The van der Waals surface area contributed by atoms with Crippen LogP contribution >= 0.6 is 0 Å². The first-order valence-corrected chi connectivity index (χ1v) is 8.08. The van der Waals surface area contributed by atoms with Gasteiger partial charge in [-0.1, -0.05) is 36.4 Å². The molecule has 5 heteroatoms. The van der Waals surface area contributed by atoms with Crippen molar-refractivity contribution in [2.45, 2.75) is 25.9 Å². The molecule has 1 aromatic carbocycles. The number of likely N-dealkylation sites (tertiary alicyclic amines) is 1. The van der Waals surface area contributed by atoms with E-state index >= 15 is 0 Å².